The Bertz CT molecular complexity index is 792. The van der Waals surface area contributed by atoms with Gasteiger partial charge in [0.25, 0.3) is 0 Å². The molecule has 1 saturated carbocycles. The number of para-hydroxylation sites is 2. The van der Waals surface area contributed by atoms with Crippen LogP contribution in [0.25, 0.3) is 0 Å². The summed E-state index contributed by atoms with van der Waals surface area (Å²) in [6, 6.07) is 7.35. The Morgan fingerprint density at radius 3 is 2.65 bits per heavy atom. The van der Waals surface area contributed by atoms with Gasteiger partial charge in [-0.3, -0.25) is 10.1 Å². The van der Waals surface area contributed by atoms with Gasteiger partial charge in [0, 0.05) is 6.04 Å². The van der Waals surface area contributed by atoms with Crippen molar-refractivity contribution in [1.29, 1.82) is 0 Å². The zero-order chi connectivity index (χ0) is 18.5. The number of nitrogens with zero attached hydrogens (tertiary/aromatic N) is 3. The van der Waals surface area contributed by atoms with E-state index < -0.39 is 4.92 Å². The fraction of sp³-hybridized carbons (Fsp3) is 0.412. The summed E-state index contributed by atoms with van der Waals surface area (Å²) in [5.41, 5.74) is 6.05. The molecule has 0 atom stereocenters. The van der Waals surface area contributed by atoms with Gasteiger partial charge in [-0.05, 0) is 25.0 Å². The Hall–Kier alpha value is -3.10. The van der Waals surface area contributed by atoms with Crippen molar-refractivity contribution in [2.75, 3.05) is 23.5 Å². The summed E-state index contributed by atoms with van der Waals surface area (Å²) in [5.74, 6) is 0.684. The van der Waals surface area contributed by atoms with E-state index in [-0.39, 0.29) is 29.3 Å². The van der Waals surface area contributed by atoms with E-state index in [4.69, 9.17) is 10.5 Å². The van der Waals surface area contributed by atoms with E-state index in [9.17, 15) is 10.1 Å². The molecule has 138 valence electrons. The van der Waals surface area contributed by atoms with Gasteiger partial charge in [-0.15, -0.1) is 0 Å². The molecule has 26 heavy (non-hydrogen) atoms. The number of hydrogen-bond donors (Lipinski definition) is 3. The second-order valence-corrected chi connectivity index (χ2v) is 6.19. The number of rotatable bonds is 6. The summed E-state index contributed by atoms with van der Waals surface area (Å²) in [5, 5.41) is 17.6. The quantitative estimate of drug-likeness (QED) is 0.529. The molecule has 0 amide bonds. The van der Waals surface area contributed by atoms with Crippen molar-refractivity contribution < 1.29 is 9.66 Å². The van der Waals surface area contributed by atoms with Crippen LogP contribution in [0.2, 0.25) is 0 Å². The molecular formula is C17H22N6O3. The maximum atomic E-state index is 11.4. The highest BCUT2D eigenvalue weighted by atomic mass is 16.6. The van der Waals surface area contributed by atoms with E-state index in [0.29, 0.717) is 11.4 Å². The highest BCUT2D eigenvalue weighted by Gasteiger charge is 2.25. The number of ether oxygens (including phenoxy) is 1. The van der Waals surface area contributed by atoms with Crippen molar-refractivity contribution in [1.82, 2.24) is 9.97 Å². The van der Waals surface area contributed by atoms with Crippen molar-refractivity contribution in [3.05, 3.63) is 34.4 Å². The van der Waals surface area contributed by atoms with Crippen molar-refractivity contribution in [2.24, 2.45) is 0 Å². The highest BCUT2D eigenvalue weighted by molar-refractivity contribution is 5.76. The zero-order valence-corrected chi connectivity index (χ0v) is 14.6. The standard InChI is InChI=1S/C17H22N6O3/c1-26-13-10-6-5-9-12(13)20-16-14(23(24)25)15(18)21-17(22-16)19-11-7-3-2-4-8-11/h5-6,9-11H,2-4,7-8H2,1H3,(H4,18,19,20,21,22). The minimum atomic E-state index is -0.586. The van der Waals surface area contributed by atoms with E-state index in [2.05, 4.69) is 20.6 Å². The SMILES string of the molecule is COc1ccccc1Nc1nc(NC2CCCCC2)nc(N)c1[N+](=O)[O-]. The van der Waals surface area contributed by atoms with Crippen LogP contribution in [0, 0.1) is 10.1 Å². The van der Waals surface area contributed by atoms with Crippen LogP contribution in [0.1, 0.15) is 32.1 Å². The highest BCUT2D eigenvalue weighted by Crippen LogP contribution is 2.34. The van der Waals surface area contributed by atoms with Crippen LogP contribution >= 0.6 is 0 Å². The third-order valence-electron chi connectivity index (χ3n) is 4.39. The summed E-state index contributed by atoms with van der Waals surface area (Å²) in [7, 11) is 1.53. The summed E-state index contributed by atoms with van der Waals surface area (Å²) < 4.78 is 5.28. The first kappa shape index (κ1) is 17.7. The van der Waals surface area contributed by atoms with Gasteiger partial charge in [-0.2, -0.15) is 9.97 Å². The third-order valence-corrected chi connectivity index (χ3v) is 4.39. The molecule has 0 spiro atoms. The Labute approximate surface area is 151 Å². The molecule has 1 heterocycles. The lowest BCUT2D eigenvalue weighted by atomic mass is 9.96. The van der Waals surface area contributed by atoms with E-state index in [1.54, 1.807) is 18.2 Å². The van der Waals surface area contributed by atoms with Gasteiger partial charge >= 0.3 is 5.69 Å². The van der Waals surface area contributed by atoms with Gasteiger partial charge in [0.15, 0.2) is 0 Å². The maximum absolute atomic E-state index is 11.4. The third kappa shape index (κ3) is 3.93. The molecule has 0 aliphatic heterocycles. The number of aromatic nitrogens is 2. The van der Waals surface area contributed by atoms with Crippen molar-refractivity contribution in [3.8, 4) is 5.75 Å². The minimum absolute atomic E-state index is 0.0327. The van der Waals surface area contributed by atoms with Crippen molar-refractivity contribution in [2.45, 2.75) is 38.1 Å². The van der Waals surface area contributed by atoms with Crippen LogP contribution in [0.15, 0.2) is 24.3 Å². The smallest absolute Gasteiger partial charge is 0.353 e. The number of nitrogens with two attached hydrogens (primary N) is 1. The molecule has 9 heteroatoms. The number of benzene rings is 1. The molecule has 1 aromatic heterocycles. The Morgan fingerprint density at radius 2 is 1.96 bits per heavy atom. The largest absolute Gasteiger partial charge is 0.495 e. The lowest BCUT2D eigenvalue weighted by Gasteiger charge is -2.23. The second kappa shape index (κ2) is 7.85. The van der Waals surface area contributed by atoms with Gasteiger partial charge in [-0.25, -0.2) is 0 Å². The number of nitrogen functional groups attached to an aromatic ring is 1. The monoisotopic (exact) mass is 358 g/mol. The molecule has 0 unspecified atom stereocenters. The molecule has 1 fully saturated rings. The Kier molecular flexibility index (Phi) is 5.35. The summed E-state index contributed by atoms with van der Waals surface area (Å²) in [4.78, 5) is 19.2. The average Bonchev–Trinajstić information content (AvgIpc) is 2.62. The van der Waals surface area contributed by atoms with Gasteiger partial charge in [0.2, 0.25) is 17.6 Å². The maximum Gasteiger partial charge on any atom is 0.353 e. The van der Waals surface area contributed by atoms with E-state index in [1.807, 2.05) is 6.07 Å². The van der Waals surface area contributed by atoms with Crippen LogP contribution in [0.4, 0.5) is 29.0 Å². The lowest BCUT2D eigenvalue weighted by Crippen LogP contribution is -2.24. The second-order valence-electron chi connectivity index (χ2n) is 6.19. The molecule has 4 N–H and O–H groups in total. The van der Waals surface area contributed by atoms with Gasteiger partial charge in [-0.1, -0.05) is 31.4 Å². The number of hydrogen-bond acceptors (Lipinski definition) is 8. The normalized spacial score (nSPS) is 14.7. The molecule has 3 rings (SSSR count). The predicted octanol–water partition coefficient (Wildman–Crippen LogP) is 3.46. The van der Waals surface area contributed by atoms with Crippen LogP contribution in [0.5, 0.6) is 5.75 Å². The number of methoxy groups -OCH3 is 1. The molecule has 9 nitrogen and oxygen atoms in total. The fourth-order valence-corrected chi connectivity index (χ4v) is 3.11. The number of nitro groups is 1. The van der Waals surface area contributed by atoms with Crippen molar-refractivity contribution in [3.63, 3.8) is 0 Å². The van der Waals surface area contributed by atoms with Crippen LogP contribution in [0.3, 0.4) is 0 Å². The Morgan fingerprint density at radius 1 is 1.23 bits per heavy atom. The van der Waals surface area contributed by atoms with E-state index >= 15 is 0 Å². The van der Waals surface area contributed by atoms with Gasteiger partial charge < -0.3 is 21.1 Å². The molecule has 1 aromatic carbocycles. The minimum Gasteiger partial charge on any atom is -0.495 e. The summed E-state index contributed by atoms with van der Waals surface area (Å²) >= 11 is 0. The van der Waals surface area contributed by atoms with Crippen LogP contribution < -0.4 is 21.1 Å². The van der Waals surface area contributed by atoms with E-state index in [0.717, 1.165) is 25.7 Å². The molecule has 2 aromatic rings. The molecule has 1 aliphatic rings. The zero-order valence-electron chi connectivity index (χ0n) is 14.6. The molecule has 0 bridgehead atoms. The average molecular weight is 358 g/mol. The Balaban J connectivity index is 1.94. The van der Waals surface area contributed by atoms with Gasteiger partial charge in [0.1, 0.15) is 5.75 Å². The molecular weight excluding hydrogens is 336 g/mol. The first-order valence-electron chi connectivity index (χ1n) is 8.57. The van der Waals surface area contributed by atoms with Crippen LogP contribution in [-0.4, -0.2) is 28.0 Å². The van der Waals surface area contributed by atoms with Gasteiger partial charge in [0.05, 0.1) is 17.7 Å². The first-order chi connectivity index (χ1) is 12.6. The van der Waals surface area contributed by atoms with Crippen molar-refractivity contribution >= 4 is 29.0 Å². The number of nitrogens with one attached hydrogen (secondary N) is 2. The molecule has 1 aliphatic carbocycles. The van der Waals surface area contributed by atoms with E-state index in [1.165, 1.54) is 13.5 Å². The topological polar surface area (TPSA) is 128 Å². The number of anilines is 4. The predicted molar refractivity (Wildman–Crippen MR) is 99.9 cm³/mol. The molecule has 0 radical (unpaired) electrons. The van der Waals surface area contributed by atoms with Crippen LogP contribution in [-0.2, 0) is 0 Å². The molecule has 0 saturated heterocycles. The lowest BCUT2D eigenvalue weighted by molar-refractivity contribution is -0.383. The first-order valence-corrected chi connectivity index (χ1v) is 8.57. The summed E-state index contributed by atoms with van der Waals surface area (Å²) in [6.45, 7) is 0. The fourth-order valence-electron chi connectivity index (χ4n) is 3.11. The summed E-state index contributed by atoms with van der Waals surface area (Å²) in [6.07, 6.45) is 5.56.